The summed E-state index contributed by atoms with van der Waals surface area (Å²) >= 11 is 0. The van der Waals surface area contributed by atoms with E-state index in [4.69, 9.17) is 0 Å². The third kappa shape index (κ3) is 8.09. The molecule has 4 aromatic rings. The van der Waals surface area contributed by atoms with Gasteiger partial charge in [0.05, 0.1) is 6.42 Å². The molecule has 4 nitrogen and oxygen atoms in total. The van der Waals surface area contributed by atoms with Gasteiger partial charge in [-0.1, -0.05) is 121 Å². The Morgan fingerprint density at radius 3 is 1.13 bits per heavy atom. The summed E-state index contributed by atoms with van der Waals surface area (Å²) in [5.74, 6) is -1.02. The lowest BCUT2D eigenvalue weighted by molar-refractivity contribution is -0.140. The van der Waals surface area contributed by atoms with Gasteiger partial charge in [-0.15, -0.1) is 0 Å². The molecule has 4 rings (SSSR count). The first-order chi connectivity index (χ1) is 18.6. The number of nitrogens with zero attached hydrogens (tertiary/aromatic N) is 1. The highest BCUT2D eigenvalue weighted by atomic mass is 31.1. The maximum Gasteiger partial charge on any atom is 0.303 e. The number of carbonyl (C=O) groups is 2. The Labute approximate surface area is 227 Å². The van der Waals surface area contributed by atoms with Crippen LogP contribution in [0.5, 0.6) is 0 Å². The largest absolute Gasteiger partial charge is 0.481 e. The normalized spacial score (nSPS) is 11.0. The van der Waals surface area contributed by atoms with Crippen LogP contribution in [0.3, 0.4) is 0 Å². The first-order valence-corrected chi connectivity index (χ1v) is 15.9. The third-order valence-electron chi connectivity index (χ3n) is 6.36. The van der Waals surface area contributed by atoms with Crippen molar-refractivity contribution >= 4 is 48.9 Å². The molecule has 0 fully saturated rings. The molecular weight excluding hydrogens is 508 g/mol. The van der Waals surface area contributed by atoms with Crippen LogP contribution in [0.25, 0.3) is 0 Å². The predicted molar refractivity (Wildman–Crippen MR) is 161 cm³/mol. The molecule has 0 bridgehead atoms. The van der Waals surface area contributed by atoms with Crippen molar-refractivity contribution in [2.45, 2.75) is 12.8 Å². The van der Waals surface area contributed by atoms with E-state index in [1.807, 2.05) is 29.2 Å². The minimum Gasteiger partial charge on any atom is -0.481 e. The Hall–Kier alpha value is -3.32. The monoisotopic (exact) mass is 541 g/mol. The van der Waals surface area contributed by atoms with Crippen molar-refractivity contribution in [3.63, 3.8) is 0 Å². The summed E-state index contributed by atoms with van der Waals surface area (Å²) in [6, 6.07) is 42.0. The summed E-state index contributed by atoms with van der Waals surface area (Å²) in [4.78, 5) is 26.4. The van der Waals surface area contributed by atoms with Gasteiger partial charge in [-0.2, -0.15) is 0 Å². The maximum atomic E-state index is 13.3. The Bertz CT molecular complexity index is 1110. The Balaban J connectivity index is 1.55. The van der Waals surface area contributed by atoms with Gasteiger partial charge in [0.25, 0.3) is 0 Å². The summed E-state index contributed by atoms with van der Waals surface area (Å²) < 4.78 is 0. The molecule has 0 saturated carbocycles. The van der Waals surface area contributed by atoms with Crippen LogP contribution in [0.15, 0.2) is 121 Å². The van der Waals surface area contributed by atoms with Gasteiger partial charge in [0.2, 0.25) is 5.91 Å². The van der Waals surface area contributed by atoms with Crippen molar-refractivity contribution in [1.29, 1.82) is 0 Å². The summed E-state index contributed by atoms with van der Waals surface area (Å²) in [5, 5.41) is 14.3. The zero-order valence-electron chi connectivity index (χ0n) is 21.4. The SMILES string of the molecule is O=C(O)CCC(=O)N(CCP(c1ccccc1)c1ccccc1)CCP(c1ccccc1)c1ccccc1. The molecule has 0 aliphatic heterocycles. The molecule has 0 aromatic heterocycles. The van der Waals surface area contributed by atoms with Crippen LogP contribution in [0.4, 0.5) is 0 Å². The van der Waals surface area contributed by atoms with Gasteiger partial charge in [-0.05, 0) is 49.4 Å². The fraction of sp³-hybridized carbons (Fsp3) is 0.188. The Morgan fingerprint density at radius 1 is 0.526 bits per heavy atom. The van der Waals surface area contributed by atoms with Crippen LogP contribution in [0.2, 0.25) is 0 Å². The van der Waals surface area contributed by atoms with Crippen LogP contribution in [0.1, 0.15) is 12.8 Å². The molecule has 0 unspecified atom stereocenters. The van der Waals surface area contributed by atoms with Gasteiger partial charge in [0.1, 0.15) is 0 Å². The first-order valence-electron chi connectivity index (χ1n) is 12.9. The molecule has 194 valence electrons. The molecule has 0 heterocycles. The van der Waals surface area contributed by atoms with Crippen molar-refractivity contribution < 1.29 is 14.7 Å². The fourth-order valence-corrected chi connectivity index (χ4v) is 9.06. The number of benzene rings is 4. The number of hydrogen-bond donors (Lipinski definition) is 1. The lowest BCUT2D eigenvalue weighted by Crippen LogP contribution is -2.37. The highest BCUT2D eigenvalue weighted by Crippen LogP contribution is 2.35. The van der Waals surface area contributed by atoms with Crippen LogP contribution in [0, 0.1) is 0 Å². The van der Waals surface area contributed by atoms with Gasteiger partial charge in [-0.3, -0.25) is 9.59 Å². The number of hydrogen-bond acceptors (Lipinski definition) is 2. The number of rotatable bonds is 13. The van der Waals surface area contributed by atoms with Gasteiger partial charge >= 0.3 is 5.97 Å². The maximum absolute atomic E-state index is 13.3. The molecule has 6 heteroatoms. The number of carboxylic acids is 1. The molecule has 0 aliphatic rings. The molecule has 1 N–H and O–H groups in total. The average Bonchev–Trinajstić information content (AvgIpc) is 2.97. The third-order valence-corrected chi connectivity index (χ3v) is 11.3. The minimum absolute atomic E-state index is 0.0263. The Kier molecular flexibility index (Phi) is 10.6. The molecule has 0 atom stereocenters. The number of aliphatic carboxylic acids is 1. The van der Waals surface area contributed by atoms with E-state index in [9.17, 15) is 14.7 Å². The van der Waals surface area contributed by atoms with Gasteiger partial charge < -0.3 is 10.0 Å². The van der Waals surface area contributed by atoms with Gasteiger partial charge in [-0.25, -0.2) is 0 Å². The van der Waals surface area contributed by atoms with E-state index in [1.165, 1.54) is 21.2 Å². The molecule has 0 radical (unpaired) electrons. The van der Waals surface area contributed by atoms with Crippen LogP contribution >= 0.6 is 15.8 Å². The average molecular weight is 542 g/mol. The molecular formula is C32H33NO3P2. The lowest BCUT2D eigenvalue weighted by atomic mass is 10.3. The van der Waals surface area contributed by atoms with E-state index < -0.39 is 21.8 Å². The van der Waals surface area contributed by atoms with Crippen molar-refractivity contribution in [3.8, 4) is 0 Å². The molecule has 0 saturated heterocycles. The van der Waals surface area contributed by atoms with Crippen molar-refractivity contribution in [1.82, 2.24) is 4.90 Å². The van der Waals surface area contributed by atoms with E-state index in [1.54, 1.807) is 0 Å². The fourth-order valence-electron chi connectivity index (χ4n) is 4.42. The number of amides is 1. The second-order valence-electron chi connectivity index (χ2n) is 8.92. The van der Waals surface area contributed by atoms with E-state index in [2.05, 4.69) is 97.1 Å². The molecule has 0 aliphatic carbocycles. The highest BCUT2D eigenvalue weighted by Gasteiger charge is 2.22. The zero-order valence-corrected chi connectivity index (χ0v) is 23.2. The van der Waals surface area contributed by atoms with Crippen LogP contribution < -0.4 is 21.2 Å². The Morgan fingerprint density at radius 2 is 0.842 bits per heavy atom. The van der Waals surface area contributed by atoms with Crippen molar-refractivity contribution in [2.24, 2.45) is 0 Å². The van der Waals surface area contributed by atoms with E-state index in [0.29, 0.717) is 13.1 Å². The predicted octanol–water partition coefficient (Wildman–Crippen LogP) is 4.95. The smallest absolute Gasteiger partial charge is 0.303 e. The van der Waals surface area contributed by atoms with Gasteiger partial charge in [0, 0.05) is 19.5 Å². The highest BCUT2D eigenvalue weighted by molar-refractivity contribution is 7.73. The molecule has 38 heavy (non-hydrogen) atoms. The summed E-state index contributed by atoms with van der Waals surface area (Å²) in [6.45, 7) is 1.20. The van der Waals surface area contributed by atoms with E-state index >= 15 is 0 Å². The first kappa shape index (κ1) is 27.7. The van der Waals surface area contributed by atoms with Gasteiger partial charge in [0.15, 0.2) is 0 Å². The summed E-state index contributed by atoms with van der Waals surface area (Å²) in [6.07, 6.45) is 1.54. The zero-order chi connectivity index (χ0) is 26.6. The summed E-state index contributed by atoms with van der Waals surface area (Å²) in [5.41, 5.74) is 0. The summed E-state index contributed by atoms with van der Waals surface area (Å²) in [7, 11) is -1.30. The minimum atomic E-state index is -0.940. The molecule has 1 amide bonds. The molecule has 0 spiro atoms. The van der Waals surface area contributed by atoms with E-state index in [-0.39, 0.29) is 18.7 Å². The van der Waals surface area contributed by atoms with Crippen molar-refractivity contribution in [3.05, 3.63) is 121 Å². The van der Waals surface area contributed by atoms with Crippen LogP contribution in [-0.4, -0.2) is 47.3 Å². The quantitative estimate of drug-likeness (QED) is 0.244. The number of carbonyl (C=O) groups excluding carboxylic acids is 1. The van der Waals surface area contributed by atoms with Crippen LogP contribution in [-0.2, 0) is 9.59 Å². The van der Waals surface area contributed by atoms with Crippen molar-refractivity contribution in [2.75, 3.05) is 25.4 Å². The standard InChI is InChI=1S/C32H33NO3P2/c34-31(21-22-32(35)36)33(23-25-37(27-13-5-1-6-14-27)28-15-7-2-8-16-28)24-26-38(29-17-9-3-10-18-29)30-19-11-4-12-20-30/h1-20H,21-26H2,(H,35,36). The van der Waals surface area contributed by atoms with E-state index in [0.717, 1.165) is 12.3 Å². The second kappa shape index (κ2) is 14.6. The molecule has 4 aromatic carbocycles. The lowest BCUT2D eigenvalue weighted by Gasteiger charge is -2.28. The second-order valence-corrected chi connectivity index (χ2v) is 13.6. The number of carboxylic acid groups (broad SMARTS) is 1. The topological polar surface area (TPSA) is 57.6 Å².